The molecule has 0 heterocycles. The van der Waals surface area contributed by atoms with E-state index in [0.717, 1.165) is 37.7 Å². The summed E-state index contributed by atoms with van der Waals surface area (Å²) in [7, 11) is 0. The highest BCUT2D eigenvalue weighted by Crippen LogP contribution is 2.73. The first-order valence-electron chi connectivity index (χ1n) is 14.8. The van der Waals surface area contributed by atoms with Crippen molar-refractivity contribution in [2.24, 2.45) is 50.7 Å². The average molecular weight is 555 g/mol. The molecule has 218 valence electrons. The molecule has 0 aromatic carbocycles. The Balaban J connectivity index is 1.60. The zero-order chi connectivity index (χ0) is 29.8. The van der Waals surface area contributed by atoms with Crippen LogP contribution in [-0.2, 0) is 14.4 Å². The number of alkyl halides is 2. The van der Waals surface area contributed by atoms with Crippen LogP contribution in [-0.4, -0.2) is 29.4 Å². The van der Waals surface area contributed by atoms with E-state index in [-0.39, 0.29) is 57.2 Å². The van der Waals surface area contributed by atoms with Gasteiger partial charge in [-0.25, -0.2) is 4.85 Å². The predicted octanol–water partition coefficient (Wildman–Crippen LogP) is 6.94. The molecule has 0 bridgehead atoms. The van der Waals surface area contributed by atoms with E-state index in [9.17, 15) is 23.2 Å². The lowest BCUT2D eigenvalue weighted by Gasteiger charge is -2.68. The SMILES string of the molecule is [C-]#[N+]C1=C[C@]2(C)C3=CC(=O)[C@@H]4[C@@H]5CC(C)(C)C[C@@H](NC(=O)C(C)(F)F)C5CC[C@@]4(C)[C@]3(C)CC[C@H]2C(C)(C)C1=O. The Bertz CT molecular complexity index is 1280. The van der Waals surface area contributed by atoms with Gasteiger partial charge in [-0.1, -0.05) is 60.1 Å². The third-order valence-corrected chi connectivity index (χ3v) is 12.4. The number of rotatable bonds is 2. The number of Topliss-reactive ketones (excluding diaryl/α,β-unsaturated/α-hetero) is 1. The van der Waals surface area contributed by atoms with Crippen molar-refractivity contribution >= 4 is 17.5 Å². The second kappa shape index (κ2) is 8.58. The number of halogens is 2. The summed E-state index contributed by atoms with van der Waals surface area (Å²) in [6, 6.07) is -0.398. The zero-order valence-electron chi connectivity index (χ0n) is 25.2. The van der Waals surface area contributed by atoms with Crippen molar-refractivity contribution in [2.45, 2.75) is 106 Å². The molecule has 5 aliphatic rings. The van der Waals surface area contributed by atoms with Crippen LogP contribution >= 0.6 is 0 Å². The van der Waals surface area contributed by atoms with Crippen molar-refractivity contribution in [1.82, 2.24) is 5.32 Å². The van der Waals surface area contributed by atoms with Gasteiger partial charge in [-0.3, -0.25) is 9.59 Å². The lowest BCUT2D eigenvalue weighted by Crippen LogP contribution is -2.65. The molecule has 0 aromatic rings. The minimum Gasteiger partial charge on any atom is -0.348 e. The topological polar surface area (TPSA) is 67.6 Å². The average Bonchev–Trinajstić information content (AvgIpc) is 2.81. The Morgan fingerprint density at radius 3 is 2.27 bits per heavy atom. The molecular formula is C33H44F2N2O3. The van der Waals surface area contributed by atoms with Gasteiger partial charge >= 0.3 is 5.92 Å². The highest BCUT2D eigenvalue weighted by Gasteiger charge is 2.68. The van der Waals surface area contributed by atoms with Crippen LogP contribution in [0.15, 0.2) is 23.4 Å². The molecule has 5 nitrogen and oxygen atoms in total. The first-order chi connectivity index (χ1) is 18.2. The Morgan fingerprint density at radius 2 is 1.68 bits per heavy atom. The van der Waals surface area contributed by atoms with Crippen molar-refractivity contribution in [2.75, 3.05) is 0 Å². The molecule has 40 heavy (non-hydrogen) atoms. The van der Waals surface area contributed by atoms with E-state index in [2.05, 4.69) is 44.8 Å². The van der Waals surface area contributed by atoms with Crippen LogP contribution in [0.25, 0.3) is 4.85 Å². The monoisotopic (exact) mass is 554 g/mol. The summed E-state index contributed by atoms with van der Waals surface area (Å²) in [5.41, 5.74) is -0.972. The van der Waals surface area contributed by atoms with Crippen molar-refractivity contribution in [3.8, 4) is 0 Å². The van der Waals surface area contributed by atoms with Gasteiger partial charge in [0.1, 0.15) is 0 Å². The number of carbonyl (C=O) groups is 3. The Hall–Kier alpha value is -2.36. The van der Waals surface area contributed by atoms with Crippen LogP contribution < -0.4 is 5.32 Å². The van der Waals surface area contributed by atoms with Gasteiger partial charge in [0.25, 0.3) is 5.91 Å². The summed E-state index contributed by atoms with van der Waals surface area (Å²) in [5.74, 6) is -5.08. The maximum absolute atomic E-state index is 14.3. The number of ketones is 2. The highest BCUT2D eigenvalue weighted by molar-refractivity contribution is 6.03. The van der Waals surface area contributed by atoms with Gasteiger partial charge < -0.3 is 10.1 Å². The molecule has 0 radical (unpaired) electrons. The number of carbonyl (C=O) groups excluding carboxylic acids is 3. The third kappa shape index (κ3) is 3.83. The summed E-state index contributed by atoms with van der Waals surface area (Å²) in [6.45, 7) is 23.1. The smallest absolute Gasteiger partial charge is 0.321 e. The molecule has 3 saturated carbocycles. The molecule has 7 heteroatoms. The number of nitrogens with zero attached hydrogens (tertiary/aromatic N) is 1. The number of fused-ring (bicyclic) bond motifs is 7. The zero-order valence-corrected chi connectivity index (χ0v) is 25.2. The maximum Gasteiger partial charge on any atom is 0.321 e. The van der Waals surface area contributed by atoms with E-state index in [1.807, 2.05) is 26.0 Å². The molecular weight excluding hydrogens is 510 g/mol. The summed E-state index contributed by atoms with van der Waals surface area (Å²) in [6.07, 6.45) is 8.31. The minimum absolute atomic E-state index is 0.00877. The standard InChI is InChI=1S/C33H44F2N2O3/c1-28(2)15-19-18(20(16-28)37-27(40)33(8,34)35)10-12-32(7)25(19)22(38)14-24-30(5)17-21(36-9)26(39)29(3,4)23(30)11-13-31(24,32)6/h14,17-20,23,25H,10-13,15-16H2,1-8H3,(H,37,40)/t18?,19-,20-,23+,25+,30+,31-,32-/m1/s1. The summed E-state index contributed by atoms with van der Waals surface area (Å²) >= 11 is 0. The fourth-order valence-electron chi connectivity index (χ4n) is 10.4. The minimum atomic E-state index is -3.45. The summed E-state index contributed by atoms with van der Waals surface area (Å²) < 4.78 is 27.8. The Morgan fingerprint density at radius 1 is 1.02 bits per heavy atom. The molecule has 5 rings (SSSR count). The lowest BCUT2D eigenvalue weighted by molar-refractivity contribution is -0.160. The highest BCUT2D eigenvalue weighted by atomic mass is 19.3. The first-order valence-corrected chi connectivity index (χ1v) is 14.8. The summed E-state index contributed by atoms with van der Waals surface area (Å²) in [5, 5.41) is 2.69. The van der Waals surface area contributed by atoms with Gasteiger partial charge in [-0.05, 0) is 78.6 Å². The number of allylic oxidation sites excluding steroid dienone is 4. The molecule has 1 amide bonds. The van der Waals surface area contributed by atoms with Gasteiger partial charge in [0.15, 0.2) is 11.6 Å². The maximum atomic E-state index is 14.3. The van der Waals surface area contributed by atoms with E-state index < -0.39 is 28.7 Å². The fraction of sp³-hybridized carbons (Fsp3) is 0.758. The van der Waals surface area contributed by atoms with Crippen LogP contribution in [0.5, 0.6) is 0 Å². The molecule has 0 aliphatic heterocycles. The molecule has 5 aliphatic carbocycles. The van der Waals surface area contributed by atoms with Gasteiger partial charge in [-0.15, -0.1) is 0 Å². The molecule has 3 fully saturated rings. The van der Waals surface area contributed by atoms with Gasteiger partial charge in [0, 0.05) is 29.7 Å². The first kappa shape index (κ1) is 29.1. The van der Waals surface area contributed by atoms with E-state index >= 15 is 0 Å². The van der Waals surface area contributed by atoms with Gasteiger partial charge in [-0.2, -0.15) is 8.78 Å². The summed E-state index contributed by atoms with van der Waals surface area (Å²) in [4.78, 5) is 43.6. The Kier molecular flexibility index (Phi) is 6.25. The van der Waals surface area contributed by atoms with Crippen LogP contribution in [0.1, 0.15) is 93.9 Å². The van der Waals surface area contributed by atoms with Crippen molar-refractivity contribution in [3.05, 3.63) is 34.8 Å². The van der Waals surface area contributed by atoms with E-state index in [4.69, 9.17) is 6.57 Å². The van der Waals surface area contributed by atoms with Crippen LogP contribution in [0, 0.1) is 57.3 Å². The second-order valence-corrected chi connectivity index (χ2v) is 15.7. The fourth-order valence-corrected chi connectivity index (χ4v) is 10.4. The van der Waals surface area contributed by atoms with Crippen LogP contribution in [0.3, 0.4) is 0 Å². The van der Waals surface area contributed by atoms with E-state index in [0.29, 0.717) is 13.3 Å². The molecule has 1 unspecified atom stereocenters. The van der Waals surface area contributed by atoms with Gasteiger partial charge in [0.2, 0.25) is 5.70 Å². The van der Waals surface area contributed by atoms with Gasteiger partial charge in [0.05, 0.1) is 6.57 Å². The Labute approximate surface area is 237 Å². The lowest BCUT2D eigenvalue weighted by atomic mass is 9.35. The second-order valence-electron chi connectivity index (χ2n) is 15.7. The van der Waals surface area contributed by atoms with Crippen molar-refractivity contribution < 1.29 is 23.2 Å². The number of hydrogen-bond donors (Lipinski definition) is 1. The molecule has 1 N–H and O–H groups in total. The molecule has 0 spiro atoms. The third-order valence-electron chi connectivity index (χ3n) is 12.4. The number of nitrogens with one attached hydrogen (secondary N) is 1. The normalized spacial score (nSPS) is 43.6. The van der Waals surface area contributed by atoms with Crippen molar-refractivity contribution in [3.63, 3.8) is 0 Å². The van der Waals surface area contributed by atoms with Crippen LogP contribution in [0.2, 0.25) is 0 Å². The predicted molar refractivity (Wildman–Crippen MR) is 149 cm³/mol. The number of hydrogen-bond acceptors (Lipinski definition) is 3. The molecule has 8 atom stereocenters. The molecule has 0 aromatic heterocycles. The van der Waals surface area contributed by atoms with Crippen molar-refractivity contribution in [1.29, 1.82) is 0 Å². The van der Waals surface area contributed by atoms with Crippen LogP contribution in [0.4, 0.5) is 8.78 Å². The van der Waals surface area contributed by atoms with E-state index in [1.54, 1.807) is 0 Å². The largest absolute Gasteiger partial charge is 0.348 e. The quantitative estimate of drug-likeness (QED) is 0.376. The number of amides is 1. The molecule has 0 saturated heterocycles. The van der Waals surface area contributed by atoms with E-state index in [1.165, 1.54) is 0 Å².